The van der Waals surface area contributed by atoms with Gasteiger partial charge in [-0.1, -0.05) is 30.3 Å². The number of para-hydroxylation sites is 3. The Morgan fingerprint density at radius 1 is 0.943 bits per heavy atom. The second kappa shape index (κ2) is 10.2. The summed E-state index contributed by atoms with van der Waals surface area (Å²) in [6.07, 6.45) is 2.38. The number of hydrogen-bond acceptors (Lipinski definition) is 4. The molecule has 2 heterocycles. The quantitative estimate of drug-likeness (QED) is 0.294. The first-order valence-corrected chi connectivity index (χ1v) is 12.2. The number of carbonyl (C=O) groups is 1. The lowest BCUT2D eigenvalue weighted by molar-refractivity contribution is -0.117. The Kier molecular flexibility index (Phi) is 6.70. The highest BCUT2D eigenvalue weighted by Crippen LogP contribution is 2.34. The minimum absolute atomic E-state index is 0.0741. The number of carbonyl (C=O) groups excluding carboxylic acids is 1. The van der Waals surface area contributed by atoms with Gasteiger partial charge in [0.2, 0.25) is 5.91 Å². The van der Waals surface area contributed by atoms with Crippen LogP contribution in [-0.4, -0.2) is 35.7 Å². The summed E-state index contributed by atoms with van der Waals surface area (Å²) in [7, 11) is 1.66. The molecule has 1 fully saturated rings. The van der Waals surface area contributed by atoms with Gasteiger partial charge in [0.25, 0.3) is 0 Å². The third-order valence-electron chi connectivity index (χ3n) is 6.68. The molecular weight excluding hydrogens is 438 g/mol. The van der Waals surface area contributed by atoms with E-state index in [9.17, 15) is 4.79 Å². The Morgan fingerprint density at radius 3 is 2.49 bits per heavy atom. The van der Waals surface area contributed by atoms with Gasteiger partial charge in [-0.3, -0.25) is 4.79 Å². The fourth-order valence-electron chi connectivity index (χ4n) is 4.85. The van der Waals surface area contributed by atoms with E-state index in [1.807, 2.05) is 53.4 Å². The minimum atomic E-state index is 0.0741. The molecule has 0 N–H and O–H groups in total. The molecule has 180 valence electrons. The van der Waals surface area contributed by atoms with Crippen LogP contribution in [0.3, 0.4) is 0 Å². The number of methoxy groups -OCH3 is 1. The van der Waals surface area contributed by atoms with E-state index in [0.717, 1.165) is 59.0 Å². The van der Waals surface area contributed by atoms with Gasteiger partial charge in [0.05, 0.1) is 24.8 Å². The molecule has 4 aromatic rings. The van der Waals surface area contributed by atoms with E-state index >= 15 is 0 Å². The summed E-state index contributed by atoms with van der Waals surface area (Å²) in [4.78, 5) is 19.9. The molecule has 35 heavy (non-hydrogen) atoms. The average Bonchev–Trinajstić information content (AvgIpc) is 3.45. The van der Waals surface area contributed by atoms with Crippen molar-refractivity contribution in [2.45, 2.75) is 38.6 Å². The average molecular weight is 470 g/mol. The van der Waals surface area contributed by atoms with E-state index < -0.39 is 0 Å². The normalized spacial score (nSPS) is 15.7. The van der Waals surface area contributed by atoms with E-state index in [1.165, 1.54) is 0 Å². The van der Waals surface area contributed by atoms with Gasteiger partial charge in [0.1, 0.15) is 17.3 Å². The van der Waals surface area contributed by atoms with Gasteiger partial charge in [-0.2, -0.15) is 0 Å². The Morgan fingerprint density at radius 2 is 1.69 bits per heavy atom. The van der Waals surface area contributed by atoms with Crippen molar-refractivity contribution in [3.05, 3.63) is 84.2 Å². The molecule has 1 aliphatic heterocycles. The molecule has 6 heteroatoms. The van der Waals surface area contributed by atoms with Crippen molar-refractivity contribution in [3.63, 3.8) is 0 Å². The lowest BCUT2D eigenvalue weighted by Crippen LogP contribution is -2.25. The third-order valence-corrected chi connectivity index (χ3v) is 6.68. The number of aromatic nitrogens is 2. The Balaban J connectivity index is 1.28. The SMILES string of the molecule is COc1ccc(OCCCCn2c(C3CC(=O)N(c4ccccc4C)C3)nc3ccccc32)cc1. The molecule has 6 nitrogen and oxygen atoms in total. The number of unbranched alkanes of at least 4 members (excludes halogenated alkanes) is 1. The van der Waals surface area contributed by atoms with E-state index in [0.29, 0.717) is 19.6 Å². The number of rotatable bonds is 9. The molecule has 1 unspecified atom stereocenters. The molecule has 1 atom stereocenters. The van der Waals surface area contributed by atoms with Crippen LogP contribution in [0.1, 0.15) is 36.6 Å². The molecule has 0 radical (unpaired) electrons. The van der Waals surface area contributed by atoms with Gasteiger partial charge in [0, 0.05) is 31.1 Å². The summed E-state index contributed by atoms with van der Waals surface area (Å²) in [5.41, 5.74) is 4.23. The molecule has 0 aliphatic carbocycles. The van der Waals surface area contributed by atoms with E-state index in [4.69, 9.17) is 14.5 Å². The number of benzene rings is 3. The number of amides is 1. The maximum absolute atomic E-state index is 13.0. The van der Waals surface area contributed by atoms with Crippen LogP contribution in [0, 0.1) is 6.92 Å². The molecular formula is C29H31N3O3. The van der Waals surface area contributed by atoms with Crippen molar-refractivity contribution < 1.29 is 14.3 Å². The molecule has 5 rings (SSSR count). The predicted molar refractivity (Wildman–Crippen MR) is 138 cm³/mol. The minimum Gasteiger partial charge on any atom is -0.497 e. The van der Waals surface area contributed by atoms with Crippen molar-refractivity contribution in [2.24, 2.45) is 0 Å². The summed E-state index contributed by atoms with van der Waals surface area (Å²) < 4.78 is 13.4. The number of nitrogens with zero attached hydrogens (tertiary/aromatic N) is 3. The maximum atomic E-state index is 13.0. The molecule has 1 aliphatic rings. The van der Waals surface area contributed by atoms with Gasteiger partial charge >= 0.3 is 0 Å². The summed E-state index contributed by atoms with van der Waals surface area (Å²) in [5.74, 6) is 2.91. The number of ether oxygens (including phenoxy) is 2. The van der Waals surface area contributed by atoms with Crippen LogP contribution in [0.4, 0.5) is 5.69 Å². The summed E-state index contributed by atoms with van der Waals surface area (Å²) in [6, 6.07) is 24.0. The van der Waals surface area contributed by atoms with Crippen LogP contribution in [0.25, 0.3) is 11.0 Å². The first-order chi connectivity index (χ1) is 17.1. The molecule has 0 bridgehead atoms. The first-order valence-electron chi connectivity index (χ1n) is 12.2. The van der Waals surface area contributed by atoms with E-state index in [2.05, 4.69) is 35.8 Å². The fourth-order valence-corrected chi connectivity index (χ4v) is 4.85. The lowest BCUT2D eigenvalue weighted by Gasteiger charge is -2.19. The van der Waals surface area contributed by atoms with Crippen LogP contribution in [0.5, 0.6) is 11.5 Å². The molecule has 3 aromatic carbocycles. The monoisotopic (exact) mass is 469 g/mol. The van der Waals surface area contributed by atoms with Crippen LogP contribution < -0.4 is 14.4 Å². The van der Waals surface area contributed by atoms with Gasteiger partial charge in [-0.15, -0.1) is 0 Å². The number of anilines is 1. The van der Waals surface area contributed by atoms with E-state index in [-0.39, 0.29) is 11.8 Å². The van der Waals surface area contributed by atoms with Crippen LogP contribution >= 0.6 is 0 Å². The topological polar surface area (TPSA) is 56.6 Å². The molecule has 0 saturated carbocycles. The Labute approximate surface area is 206 Å². The lowest BCUT2D eigenvalue weighted by atomic mass is 10.1. The first kappa shape index (κ1) is 23.0. The van der Waals surface area contributed by atoms with Crippen LogP contribution in [0.2, 0.25) is 0 Å². The molecule has 1 aromatic heterocycles. The zero-order valence-corrected chi connectivity index (χ0v) is 20.3. The van der Waals surface area contributed by atoms with Gasteiger partial charge in [-0.25, -0.2) is 4.98 Å². The highest BCUT2D eigenvalue weighted by atomic mass is 16.5. The van der Waals surface area contributed by atoms with Crippen molar-refractivity contribution in [1.29, 1.82) is 0 Å². The van der Waals surface area contributed by atoms with Gasteiger partial charge < -0.3 is 18.9 Å². The highest BCUT2D eigenvalue weighted by Gasteiger charge is 2.35. The zero-order chi connectivity index (χ0) is 24.2. The van der Waals surface area contributed by atoms with Crippen molar-refractivity contribution in [3.8, 4) is 11.5 Å². The molecule has 1 amide bonds. The molecule has 0 spiro atoms. The summed E-state index contributed by atoms with van der Waals surface area (Å²) >= 11 is 0. The standard InChI is InChI=1S/C29H31N3O3/c1-21-9-3-5-11-26(21)32-20-22(19-28(32)33)29-30-25-10-4-6-12-27(25)31(29)17-7-8-18-35-24-15-13-23(34-2)14-16-24/h3-6,9-16,22H,7-8,17-20H2,1-2H3. The largest absolute Gasteiger partial charge is 0.497 e. The smallest absolute Gasteiger partial charge is 0.227 e. The highest BCUT2D eigenvalue weighted by molar-refractivity contribution is 5.97. The number of hydrogen-bond donors (Lipinski definition) is 0. The van der Waals surface area contributed by atoms with Gasteiger partial charge in [0.15, 0.2) is 0 Å². The van der Waals surface area contributed by atoms with Crippen molar-refractivity contribution >= 4 is 22.6 Å². The Bertz CT molecular complexity index is 1310. The molecule has 1 saturated heterocycles. The van der Waals surface area contributed by atoms with E-state index in [1.54, 1.807) is 7.11 Å². The van der Waals surface area contributed by atoms with Gasteiger partial charge in [-0.05, 0) is 67.8 Å². The summed E-state index contributed by atoms with van der Waals surface area (Å²) in [6.45, 7) is 4.21. The van der Waals surface area contributed by atoms with Crippen molar-refractivity contribution in [1.82, 2.24) is 9.55 Å². The third kappa shape index (κ3) is 4.87. The maximum Gasteiger partial charge on any atom is 0.227 e. The number of fused-ring (bicyclic) bond motifs is 1. The predicted octanol–water partition coefficient (Wildman–Crippen LogP) is 5.73. The number of imidazole rings is 1. The Hall–Kier alpha value is -3.80. The second-order valence-corrected chi connectivity index (χ2v) is 9.03. The number of aryl methyl sites for hydroxylation is 2. The summed E-state index contributed by atoms with van der Waals surface area (Å²) in [5, 5.41) is 0. The van der Waals surface area contributed by atoms with Crippen LogP contribution in [0.15, 0.2) is 72.8 Å². The van der Waals surface area contributed by atoms with Crippen molar-refractivity contribution in [2.75, 3.05) is 25.2 Å². The second-order valence-electron chi connectivity index (χ2n) is 9.03. The fraction of sp³-hybridized carbons (Fsp3) is 0.310. The van der Waals surface area contributed by atoms with Crippen LogP contribution in [-0.2, 0) is 11.3 Å². The zero-order valence-electron chi connectivity index (χ0n) is 20.3.